The van der Waals surface area contributed by atoms with E-state index < -0.39 is 0 Å². The van der Waals surface area contributed by atoms with E-state index in [0.29, 0.717) is 5.41 Å². The molecule has 1 aliphatic rings. The van der Waals surface area contributed by atoms with Gasteiger partial charge in [0.2, 0.25) is 0 Å². The molecule has 3 heteroatoms. The molecule has 0 spiro atoms. The maximum atomic E-state index is 3.67. The van der Waals surface area contributed by atoms with Crippen LogP contribution in [-0.4, -0.2) is 5.33 Å². The third-order valence-electron chi connectivity index (χ3n) is 3.07. The molecule has 0 N–H and O–H groups in total. The molecule has 1 heterocycles. The summed E-state index contributed by atoms with van der Waals surface area (Å²) in [5.74, 6) is 0.947. The Balaban J connectivity index is 2.07. The van der Waals surface area contributed by atoms with Gasteiger partial charge in [-0.05, 0) is 52.6 Å². The molecule has 1 unspecified atom stereocenters. The van der Waals surface area contributed by atoms with E-state index in [1.807, 2.05) is 11.3 Å². The summed E-state index contributed by atoms with van der Waals surface area (Å²) in [6.45, 7) is 2.41. The molecule has 1 aromatic heterocycles. The van der Waals surface area contributed by atoms with Crippen LogP contribution in [0.4, 0.5) is 0 Å². The van der Waals surface area contributed by atoms with Gasteiger partial charge in [-0.1, -0.05) is 22.9 Å². The lowest BCUT2D eigenvalue weighted by molar-refractivity contribution is 0.321. The summed E-state index contributed by atoms with van der Waals surface area (Å²) in [6, 6.07) is 2.26. The SMILES string of the molecule is CC(CBr)(Cc1cc(Br)cs1)C1CC1. The van der Waals surface area contributed by atoms with Crippen molar-refractivity contribution in [2.24, 2.45) is 11.3 Å². The van der Waals surface area contributed by atoms with Crippen LogP contribution in [0.15, 0.2) is 15.9 Å². The lowest BCUT2D eigenvalue weighted by Gasteiger charge is -2.26. The molecule has 2 rings (SSSR count). The zero-order valence-electron chi connectivity index (χ0n) is 8.22. The van der Waals surface area contributed by atoms with Crippen molar-refractivity contribution in [3.8, 4) is 0 Å². The standard InChI is InChI=1S/C11H14Br2S/c1-11(7-12,8-2-3-8)5-10-4-9(13)6-14-10/h4,6,8H,2-3,5,7H2,1H3. The Morgan fingerprint density at radius 1 is 1.57 bits per heavy atom. The molecule has 1 aliphatic carbocycles. The second-order valence-electron chi connectivity index (χ2n) is 4.47. The average molecular weight is 338 g/mol. The van der Waals surface area contributed by atoms with Crippen molar-refractivity contribution in [2.45, 2.75) is 26.2 Å². The molecule has 14 heavy (non-hydrogen) atoms. The van der Waals surface area contributed by atoms with Crippen LogP contribution < -0.4 is 0 Å². The van der Waals surface area contributed by atoms with Crippen LogP contribution in [0.3, 0.4) is 0 Å². The molecule has 1 saturated carbocycles. The first-order chi connectivity index (χ1) is 6.64. The normalized spacial score (nSPS) is 20.8. The van der Waals surface area contributed by atoms with E-state index >= 15 is 0 Å². The minimum atomic E-state index is 0.476. The number of thiophene rings is 1. The summed E-state index contributed by atoms with van der Waals surface area (Å²) in [5.41, 5.74) is 0.476. The fraction of sp³-hybridized carbons (Fsp3) is 0.636. The number of rotatable bonds is 4. The van der Waals surface area contributed by atoms with E-state index in [0.717, 1.165) is 11.2 Å². The maximum Gasteiger partial charge on any atom is 0.0285 e. The molecule has 1 fully saturated rings. The van der Waals surface area contributed by atoms with Crippen molar-refractivity contribution in [2.75, 3.05) is 5.33 Å². The quantitative estimate of drug-likeness (QED) is 0.688. The molecule has 0 aliphatic heterocycles. The smallest absolute Gasteiger partial charge is 0.0285 e. The first-order valence-corrected chi connectivity index (χ1v) is 7.72. The van der Waals surface area contributed by atoms with Crippen molar-refractivity contribution in [3.63, 3.8) is 0 Å². The number of hydrogen-bond acceptors (Lipinski definition) is 1. The Morgan fingerprint density at radius 2 is 2.29 bits per heavy atom. The Morgan fingerprint density at radius 3 is 2.71 bits per heavy atom. The van der Waals surface area contributed by atoms with Crippen LogP contribution in [0.1, 0.15) is 24.6 Å². The molecule has 1 aromatic rings. The number of halogens is 2. The predicted octanol–water partition coefficient (Wildman–Crippen LogP) is 4.86. The molecule has 0 amide bonds. The van der Waals surface area contributed by atoms with Gasteiger partial charge in [-0.2, -0.15) is 0 Å². The zero-order valence-corrected chi connectivity index (χ0v) is 12.2. The zero-order chi connectivity index (χ0) is 10.2. The van der Waals surface area contributed by atoms with E-state index in [1.54, 1.807) is 0 Å². The summed E-state index contributed by atoms with van der Waals surface area (Å²) in [4.78, 5) is 1.51. The van der Waals surface area contributed by atoms with E-state index in [-0.39, 0.29) is 0 Å². The van der Waals surface area contributed by atoms with E-state index in [1.165, 1.54) is 28.6 Å². The van der Waals surface area contributed by atoms with Crippen LogP contribution in [0, 0.1) is 11.3 Å². The van der Waals surface area contributed by atoms with Gasteiger partial charge in [0, 0.05) is 20.1 Å². The summed E-state index contributed by atoms with van der Waals surface area (Å²) in [5, 5.41) is 3.30. The van der Waals surface area contributed by atoms with Crippen LogP contribution in [0.5, 0.6) is 0 Å². The summed E-state index contributed by atoms with van der Waals surface area (Å²) in [6.07, 6.45) is 4.07. The Kier molecular flexibility index (Phi) is 3.40. The van der Waals surface area contributed by atoms with Crippen molar-refractivity contribution in [1.82, 2.24) is 0 Å². The minimum Gasteiger partial charge on any atom is -0.148 e. The van der Waals surface area contributed by atoms with Gasteiger partial charge in [0.1, 0.15) is 0 Å². The molecule has 78 valence electrons. The van der Waals surface area contributed by atoms with Gasteiger partial charge in [0.15, 0.2) is 0 Å². The van der Waals surface area contributed by atoms with Gasteiger partial charge in [0.05, 0.1) is 0 Å². The molecule has 0 saturated heterocycles. The monoisotopic (exact) mass is 336 g/mol. The second kappa shape index (κ2) is 4.26. The molecule has 0 radical (unpaired) electrons. The van der Waals surface area contributed by atoms with Gasteiger partial charge in [0.25, 0.3) is 0 Å². The average Bonchev–Trinajstić information content (AvgIpc) is 2.93. The molecule has 0 aromatic carbocycles. The molecular formula is C11H14Br2S. The third kappa shape index (κ3) is 2.42. The first kappa shape index (κ1) is 11.2. The Bertz CT molecular complexity index is 317. The lowest BCUT2D eigenvalue weighted by Crippen LogP contribution is -2.23. The van der Waals surface area contributed by atoms with Crippen LogP contribution >= 0.6 is 43.2 Å². The van der Waals surface area contributed by atoms with Gasteiger partial charge in [-0.15, -0.1) is 11.3 Å². The predicted molar refractivity (Wildman–Crippen MR) is 70.3 cm³/mol. The highest BCUT2D eigenvalue weighted by atomic mass is 79.9. The summed E-state index contributed by atoms with van der Waals surface area (Å²) in [7, 11) is 0. The van der Waals surface area contributed by atoms with Gasteiger partial charge < -0.3 is 0 Å². The molecular weight excluding hydrogens is 324 g/mol. The topological polar surface area (TPSA) is 0 Å². The van der Waals surface area contributed by atoms with Gasteiger partial charge in [-0.25, -0.2) is 0 Å². The van der Waals surface area contributed by atoms with Crippen molar-refractivity contribution in [1.29, 1.82) is 0 Å². The minimum absolute atomic E-state index is 0.476. The highest BCUT2D eigenvalue weighted by molar-refractivity contribution is 9.10. The van der Waals surface area contributed by atoms with Crippen LogP contribution in [-0.2, 0) is 6.42 Å². The van der Waals surface area contributed by atoms with Crippen molar-refractivity contribution < 1.29 is 0 Å². The Labute approximate surface area is 106 Å². The third-order valence-corrected chi connectivity index (χ3v) is 6.05. The summed E-state index contributed by atoms with van der Waals surface area (Å²) >= 11 is 9.05. The highest BCUT2D eigenvalue weighted by Gasteiger charge is 2.40. The highest BCUT2D eigenvalue weighted by Crippen LogP contribution is 2.48. The van der Waals surface area contributed by atoms with Gasteiger partial charge >= 0.3 is 0 Å². The fourth-order valence-corrected chi connectivity index (χ4v) is 4.23. The largest absolute Gasteiger partial charge is 0.148 e. The van der Waals surface area contributed by atoms with Gasteiger partial charge in [-0.3, -0.25) is 0 Å². The lowest BCUT2D eigenvalue weighted by atomic mass is 9.83. The van der Waals surface area contributed by atoms with E-state index in [9.17, 15) is 0 Å². The summed E-state index contributed by atoms with van der Waals surface area (Å²) < 4.78 is 1.23. The maximum absolute atomic E-state index is 3.67. The Hall–Kier alpha value is 0.660. The van der Waals surface area contributed by atoms with E-state index in [2.05, 4.69) is 50.2 Å². The first-order valence-electron chi connectivity index (χ1n) is 4.93. The fourth-order valence-electron chi connectivity index (χ4n) is 1.93. The molecule has 0 bridgehead atoms. The van der Waals surface area contributed by atoms with Crippen LogP contribution in [0.25, 0.3) is 0 Å². The molecule has 1 atom stereocenters. The van der Waals surface area contributed by atoms with Crippen LogP contribution in [0.2, 0.25) is 0 Å². The number of hydrogen-bond donors (Lipinski definition) is 0. The molecule has 0 nitrogen and oxygen atoms in total. The van der Waals surface area contributed by atoms with E-state index in [4.69, 9.17) is 0 Å². The van der Waals surface area contributed by atoms with Crippen molar-refractivity contribution >= 4 is 43.2 Å². The number of alkyl halides is 1. The van der Waals surface area contributed by atoms with Crippen molar-refractivity contribution in [3.05, 3.63) is 20.8 Å². The second-order valence-corrected chi connectivity index (χ2v) is 6.94.